The van der Waals surface area contributed by atoms with Crippen LogP contribution in [0.2, 0.25) is 0 Å². The van der Waals surface area contributed by atoms with Gasteiger partial charge in [-0.15, -0.1) is 0 Å². The molecule has 2 rings (SSSR count). The normalized spacial score (nSPS) is 18.9. The van der Waals surface area contributed by atoms with Gasteiger partial charge in [-0.2, -0.15) is 0 Å². The highest BCUT2D eigenvalue weighted by atomic mass is 16.5. The van der Waals surface area contributed by atoms with Gasteiger partial charge < -0.3 is 9.84 Å². The van der Waals surface area contributed by atoms with Gasteiger partial charge in [0.1, 0.15) is 6.10 Å². The van der Waals surface area contributed by atoms with Gasteiger partial charge in [-0.25, -0.2) is 0 Å². The van der Waals surface area contributed by atoms with Gasteiger partial charge in [0, 0.05) is 6.61 Å². The highest BCUT2D eigenvalue weighted by Crippen LogP contribution is 2.40. The zero-order chi connectivity index (χ0) is 13.1. The minimum absolute atomic E-state index is 0.0279. The number of hydrogen-bond donors (Lipinski definition) is 1. The predicted molar refractivity (Wildman–Crippen MR) is 73.6 cm³/mol. The zero-order valence-corrected chi connectivity index (χ0v) is 11.6. The molecule has 0 heterocycles. The second kappa shape index (κ2) is 5.85. The smallest absolute Gasteiger partial charge is 0.105 e. The van der Waals surface area contributed by atoms with Gasteiger partial charge in [0.2, 0.25) is 0 Å². The van der Waals surface area contributed by atoms with Crippen LogP contribution in [0.3, 0.4) is 0 Å². The van der Waals surface area contributed by atoms with E-state index in [1.54, 1.807) is 0 Å². The van der Waals surface area contributed by atoms with E-state index in [0.717, 1.165) is 5.56 Å². The summed E-state index contributed by atoms with van der Waals surface area (Å²) in [6.45, 7) is 7.02. The quantitative estimate of drug-likeness (QED) is 0.832. The largest absolute Gasteiger partial charge is 0.386 e. The Bertz CT molecular complexity index is 365. The summed E-state index contributed by atoms with van der Waals surface area (Å²) < 4.78 is 5.71. The van der Waals surface area contributed by atoms with Crippen molar-refractivity contribution in [2.24, 2.45) is 5.92 Å². The molecule has 1 aromatic rings. The first-order chi connectivity index (χ1) is 8.63. The molecule has 0 radical (unpaired) electrons. The lowest BCUT2D eigenvalue weighted by Crippen LogP contribution is -2.24. The van der Waals surface area contributed by atoms with Crippen LogP contribution in [0.15, 0.2) is 24.3 Å². The molecule has 0 amide bonds. The first-order valence-corrected chi connectivity index (χ1v) is 7.03. The lowest BCUT2D eigenvalue weighted by atomic mass is 9.96. The van der Waals surface area contributed by atoms with E-state index in [9.17, 15) is 5.11 Å². The summed E-state index contributed by atoms with van der Waals surface area (Å²) in [5.74, 6) is 1.08. The van der Waals surface area contributed by atoms with Crippen molar-refractivity contribution in [1.82, 2.24) is 0 Å². The van der Waals surface area contributed by atoms with E-state index >= 15 is 0 Å². The molecule has 100 valence electrons. The van der Waals surface area contributed by atoms with E-state index in [1.807, 2.05) is 19.1 Å². The molecule has 0 spiro atoms. The van der Waals surface area contributed by atoms with Crippen LogP contribution in [0.5, 0.6) is 0 Å². The SMILES string of the molecule is CCOC(C1CC1)C(O)c1ccc(C(C)C)cc1. The predicted octanol–water partition coefficient (Wildman–Crippen LogP) is 3.66. The minimum atomic E-state index is -0.487. The number of rotatable bonds is 6. The standard InChI is InChI=1S/C16H24O2/c1-4-18-16(14-9-10-14)15(17)13-7-5-12(6-8-13)11(2)3/h5-8,11,14-17H,4,9-10H2,1-3H3. The topological polar surface area (TPSA) is 29.5 Å². The van der Waals surface area contributed by atoms with Crippen LogP contribution in [0.1, 0.15) is 56.8 Å². The Hall–Kier alpha value is -0.860. The molecule has 0 aromatic heterocycles. The van der Waals surface area contributed by atoms with Gasteiger partial charge in [-0.1, -0.05) is 38.1 Å². The monoisotopic (exact) mass is 248 g/mol. The van der Waals surface area contributed by atoms with E-state index in [1.165, 1.54) is 18.4 Å². The summed E-state index contributed by atoms with van der Waals surface area (Å²) in [6, 6.07) is 8.29. The molecule has 0 saturated heterocycles. The van der Waals surface area contributed by atoms with Crippen LogP contribution in [-0.4, -0.2) is 17.8 Å². The summed E-state index contributed by atoms with van der Waals surface area (Å²) in [5, 5.41) is 10.4. The molecule has 1 aliphatic carbocycles. The van der Waals surface area contributed by atoms with Gasteiger partial charge in [-0.05, 0) is 42.7 Å². The lowest BCUT2D eigenvalue weighted by molar-refractivity contribution is -0.0461. The van der Waals surface area contributed by atoms with Crippen LogP contribution in [0.25, 0.3) is 0 Å². The fraction of sp³-hybridized carbons (Fsp3) is 0.625. The van der Waals surface area contributed by atoms with Crippen molar-refractivity contribution in [3.05, 3.63) is 35.4 Å². The van der Waals surface area contributed by atoms with Gasteiger partial charge in [0.25, 0.3) is 0 Å². The zero-order valence-electron chi connectivity index (χ0n) is 11.6. The van der Waals surface area contributed by atoms with Crippen molar-refractivity contribution >= 4 is 0 Å². The molecule has 2 nitrogen and oxygen atoms in total. The van der Waals surface area contributed by atoms with E-state index in [4.69, 9.17) is 4.74 Å². The number of benzene rings is 1. The van der Waals surface area contributed by atoms with Gasteiger partial charge >= 0.3 is 0 Å². The second-order valence-electron chi connectivity index (χ2n) is 5.52. The van der Waals surface area contributed by atoms with Gasteiger partial charge in [0.05, 0.1) is 6.10 Å². The molecule has 0 bridgehead atoms. The van der Waals surface area contributed by atoms with Gasteiger partial charge in [0.15, 0.2) is 0 Å². The Morgan fingerprint density at radius 2 is 1.72 bits per heavy atom. The van der Waals surface area contributed by atoms with E-state index in [-0.39, 0.29) is 6.10 Å². The molecule has 1 aromatic carbocycles. The van der Waals surface area contributed by atoms with Crippen molar-refractivity contribution < 1.29 is 9.84 Å². The van der Waals surface area contributed by atoms with Crippen LogP contribution < -0.4 is 0 Å². The third-order valence-electron chi connectivity index (χ3n) is 3.70. The summed E-state index contributed by atoms with van der Waals surface area (Å²) in [5.41, 5.74) is 2.29. The first kappa shape index (κ1) is 13.6. The Morgan fingerprint density at radius 1 is 1.17 bits per heavy atom. The average Bonchev–Trinajstić information content (AvgIpc) is 3.19. The number of aliphatic hydroxyl groups excluding tert-OH is 1. The Kier molecular flexibility index (Phi) is 4.41. The van der Waals surface area contributed by atoms with Crippen LogP contribution in [-0.2, 0) is 4.74 Å². The molecule has 18 heavy (non-hydrogen) atoms. The molecule has 1 N–H and O–H groups in total. The van der Waals surface area contributed by atoms with E-state index < -0.39 is 6.10 Å². The summed E-state index contributed by atoms with van der Waals surface area (Å²) in [4.78, 5) is 0. The highest BCUT2D eigenvalue weighted by Gasteiger charge is 2.37. The number of aliphatic hydroxyl groups is 1. The Morgan fingerprint density at radius 3 is 2.17 bits per heavy atom. The molecule has 2 unspecified atom stereocenters. The van der Waals surface area contributed by atoms with Crippen LogP contribution in [0, 0.1) is 5.92 Å². The Balaban J connectivity index is 2.08. The third-order valence-corrected chi connectivity index (χ3v) is 3.70. The second-order valence-corrected chi connectivity index (χ2v) is 5.52. The molecule has 0 aliphatic heterocycles. The third kappa shape index (κ3) is 3.12. The van der Waals surface area contributed by atoms with Crippen LogP contribution >= 0.6 is 0 Å². The van der Waals surface area contributed by atoms with Crippen molar-refractivity contribution in [1.29, 1.82) is 0 Å². The average molecular weight is 248 g/mol. The maximum Gasteiger partial charge on any atom is 0.105 e. The van der Waals surface area contributed by atoms with Crippen LogP contribution in [0.4, 0.5) is 0 Å². The molecule has 1 fully saturated rings. The van der Waals surface area contributed by atoms with Gasteiger partial charge in [-0.3, -0.25) is 0 Å². The fourth-order valence-electron chi connectivity index (χ4n) is 2.37. The summed E-state index contributed by atoms with van der Waals surface area (Å²) >= 11 is 0. The molecular weight excluding hydrogens is 224 g/mol. The maximum atomic E-state index is 10.4. The Labute approximate surface area is 110 Å². The van der Waals surface area contributed by atoms with Crippen molar-refractivity contribution in [2.75, 3.05) is 6.61 Å². The fourth-order valence-corrected chi connectivity index (χ4v) is 2.37. The summed E-state index contributed by atoms with van der Waals surface area (Å²) in [7, 11) is 0. The first-order valence-electron chi connectivity index (χ1n) is 7.03. The molecule has 2 heteroatoms. The minimum Gasteiger partial charge on any atom is -0.386 e. The number of ether oxygens (including phenoxy) is 1. The van der Waals surface area contributed by atoms with E-state index in [2.05, 4.69) is 26.0 Å². The van der Waals surface area contributed by atoms with Crippen molar-refractivity contribution in [2.45, 2.75) is 51.7 Å². The maximum absolute atomic E-state index is 10.4. The van der Waals surface area contributed by atoms with Crippen molar-refractivity contribution in [3.63, 3.8) is 0 Å². The molecule has 1 aliphatic rings. The lowest BCUT2D eigenvalue weighted by Gasteiger charge is -2.23. The molecule has 1 saturated carbocycles. The highest BCUT2D eigenvalue weighted by molar-refractivity contribution is 5.27. The molecule has 2 atom stereocenters. The molecular formula is C16H24O2. The number of hydrogen-bond acceptors (Lipinski definition) is 2. The van der Waals surface area contributed by atoms with E-state index in [0.29, 0.717) is 18.4 Å². The van der Waals surface area contributed by atoms with Crippen molar-refractivity contribution in [3.8, 4) is 0 Å². The summed E-state index contributed by atoms with van der Waals surface area (Å²) in [6.07, 6.45) is 1.86.